The number of aromatic amines is 1. The summed E-state index contributed by atoms with van der Waals surface area (Å²) in [6.07, 6.45) is -2.46. The molecule has 0 spiro atoms. The molecule has 2 N–H and O–H groups in total. The van der Waals surface area contributed by atoms with Gasteiger partial charge in [-0.2, -0.15) is 0 Å². The van der Waals surface area contributed by atoms with Gasteiger partial charge < -0.3 is 15.0 Å². The van der Waals surface area contributed by atoms with Crippen molar-refractivity contribution in [2.75, 3.05) is 25.1 Å². The van der Waals surface area contributed by atoms with E-state index in [-0.39, 0.29) is 18.1 Å². The predicted molar refractivity (Wildman–Crippen MR) is 64.3 cm³/mol. The van der Waals surface area contributed by atoms with E-state index in [1.165, 1.54) is 6.07 Å². The molecule has 0 fully saturated rings. The fourth-order valence-corrected chi connectivity index (χ4v) is 1.26. The summed E-state index contributed by atoms with van der Waals surface area (Å²) in [6.45, 7) is 3.69. The van der Waals surface area contributed by atoms with E-state index in [0.717, 1.165) is 0 Å². The predicted octanol–water partition coefficient (Wildman–Crippen LogP) is 1.59. The Bertz CT molecular complexity index is 421. The molecule has 1 rings (SSSR count). The van der Waals surface area contributed by atoms with Gasteiger partial charge in [-0.05, 0) is 0 Å². The normalized spacial score (nSPS) is 11.2. The summed E-state index contributed by atoms with van der Waals surface area (Å²) in [4.78, 5) is 18.1. The van der Waals surface area contributed by atoms with E-state index in [9.17, 15) is 13.6 Å². The van der Waals surface area contributed by atoms with Crippen LogP contribution >= 0.6 is 0 Å². The highest BCUT2D eigenvalue weighted by Gasteiger charge is 2.05. The Labute approximate surface area is 104 Å². The first-order valence-corrected chi connectivity index (χ1v) is 5.70. The van der Waals surface area contributed by atoms with Crippen molar-refractivity contribution in [3.05, 3.63) is 22.2 Å². The summed E-state index contributed by atoms with van der Waals surface area (Å²) >= 11 is 0. The van der Waals surface area contributed by atoms with Crippen LogP contribution in [0.2, 0.25) is 0 Å². The zero-order valence-corrected chi connectivity index (χ0v) is 10.4. The Morgan fingerprint density at radius 2 is 2.22 bits per heavy atom. The van der Waals surface area contributed by atoms with Crippen LogP contribution in [0.4, 0.5) is 14.6 Å². The molecule has 0 bridgehead atoms. The molecule has 1 aromatic heterocycles. The fraction of sp³-hybridized carbons (Fsp3) is 0.636. The molecule has 1 heterocycles. The Balaban J connectivity index is 2.45. The Morgan fingerprint density at radius 3 is 2.83 bits per heavy atom. The summed E-state index contributed by atoms with van der Waals surface area (Å²) in [5.41, 5.74) is -0.246. The van der Waals surface area contributed by atoms with Crippen LogP contribution in [0.15, 0.2) is 10.9 Å². The highest BCUT2D eigenvalue weighted by atomic mass is 19.3. The van der Waals surface area contributed by atoms with Crippen molar-refractivity contribution in [1.29, 1.82) is 0 Å². The second-order valence-corrected chi connectivity index (χ2v) is 4.06. The maximum atomic E-state index is 11.8. The summed E-state index contributed by atoms with van der Waals surface area (Å²) in [5, 5.41) is 2.85. The van der Waals surface area contributed by atoms with Crippen molar-refractivity contribution in [2.45, 2.75) is 26.2 Å². The van der Waals surface area contributed by atoms with Gasteiger partial charge in [-0.25, -0.2) is 13.8 Å². The zero-order valence-electron chi connectivity index (χ0n) is 10.4. The summed E-state index contributed by atoms with van der Waals surface area (Å²) in [5.74, 6) is 1.11. The monoisotopic (exact) mass is 261 g/mol. The number of hydrogen-bond donors (Lipinski definition) is 2. The summed E-state index contributed by atoms with van der Waals surface area (Å²) in [7, 11) is 0. The van der Waals surface area contributed by atoms with Gasteiger partial charge in [0.2, 0.25) is 0 Å². The van der Waals surface area contributed by atoms with E-state index in [2.05, 4.69) is 15.3 Å². The van der Waals surface area contributed by atoms with Crippen LogP contribution in [0.25, 0.3) is 0 Å². The Hall–Kier alpha value is -1.50. The molecule has 0 unspecified atom stereocenters. The van der Waals surface area contributed by atoms with Crippen LogP contribution in [-0.2, 0) is 4.74 Å². The lowest BCUT2D eigenvalue weighted by Crippen LogP contribution is -2.17. The van der Waals surface area contributed by atoms with Crippen LogP contribution in [0, 0.1) is 0 Å². The number of hydrogen-bond acceptors (Lipinski definition) is 4. The minimum absolute atomic E-state index is 0.106. The van der Waals surface area contributed by atoms with E-state index in [0.29, 0.717) is 18.2 Å². The third-order valence-corrected chi connectivity index (χ3v) is 2.10. The van der Waals surface area contributed by atoms with E-state index in [4.69, 9.17) is 4.74 Å². The molecule has 1 aromatic rings. The molecule has 0 atom stereocenters. The Kier molecular flexibility index (Phi) is 5.70. The van der Waals surface area contributed by atoms with Crippen molar-refractivity contribution < 1.29 is 13.5 Å². The molecule has 0 saturated heterocycles. The van der Waals surface area contributed by atoms with Crippen molar-refractivity contribution in [3.8, 4) is 0 Å². The number of alkyl halides is 2. The fourth-order valence-electron chi connectivity index (χ4n) is 1.26. The molecule has 0 saturated carbocycles. The summed E-state index contributed by atoms with van der Waals surface area (Å²) < 4.78 is 28.3. The SMILES string of the molecule is CC(C)c1nc(NCCOCC(F)F)cc(=O)[nH]1. The molecular formula is C11H17F2N3O2. The first-order valence-electron chi connectivity index (χ1n) is 5.70. The molecule has 7 heteroatoms. The maximum absolute atomic E-state index is 11.8. The number of nitrogens with one attached hydrogen (secondary N) is 2. The molecule has 0 radical (unpaired) electrons. The van der Waals surface area contributed by atoms with Gasteiger partial charge in [0.25, 0.3) is 12.0 Å². The molecule has 18 heavy (non-hydrogen) atoms. The zero-order chi connectivity index (χ0) is 13.5. The minimum atomic E-state index is -2.46. The summed E-state index contributed by atoms with van der Waals surface area (Å²) in [6, 6.07) is 1.32. The van der Waals surface area contributed by atoms with Gasteiger partial charge in [0.15, 0.2) is 0 Å². The second-order valence-electron chi connectivity index (χ2n) is 4.06. The minimum Gasteiger partial charge on any atom is -0.374 e. The van der Waals surface area contributed by atoms with E-state index >= 15 is 0 Å². The van der Waals surface area contributed by atoms with Gasteiger partial charge in [0.05, 0.1) is 6.61 Å². The standard InChI is InChI=1S/C11H17F2N3O2/c1-7(2)11-15-9(5-10(17)16-11)14-3-4-18-6-8(12)13/h5,7-8H,3-4,6H2,1-2H3,(H2,14,15,16,17). The lowest BCUT2D eigenvalue weighted by atomic mass is 10.2. The van der Waals surface area contributed by atoms with Crippen LogP contribution in [-0.4, -0.2) is 36.2 Å². The van der Waals surface area contributed by atoms with Crippen molar-refractivity contribution in [1.82, 2.24) is 9.97 Å². The van der Waals surface area contributed by atoms with E-state index in [1.807, 2.05) is 13.8 Å². The maximum Gasteiger partial charge on any atom is 0.261 e. The molecular weight excluding hydrogens is 244 g/mol. The molecule has 0 aromatic carbocycles. The molecule has 0 amide bonds. The molecule has 5 nitrogen and oxygen atoms in total. The van der Waals surface area contributed by atoms with Crippen molar-refractivity contribution in [3.63, 3.8) is 0 Å². The molecule has 102 valence electrons. The second kappa shape index (κ2) is 7.05. The first-order chi connectivity index (χ1) is 8.49. The third-order valence-electron chi connectivity index (χ3n) is 2.10. The van der Waals surface area contributed by atoms with Crippen LogP contribution < -0.4 is 10.9 Å². The molecule has 0 aliphatic carbocycles. The van der Waals surface area contributed by atoms with Gasteiger partial charge in [-0.3, -0.25) is 4.79 Å². The van der Waals surface area contributed by atoms with Gasteiger partial charge in [-0.1, -0.05) is 13.8 Å². The number of halogens is 2. The number of aromatic nitrogens is 2. The van der Waals surface area contributed by atoms with Crippen LogP contribution in [0.3, 0.4) is 0 Å². The highest BCUT2D eigenvalue weighted by Crippen LogP contribution is 2.08. The number of nitrogens with zero attached hydrogens (tertiary/aromatic N) is 1. The quantitative estimate of drug-likeness (QED) is 0.731. The van der Waals surface area contributed by atoms with E-state index in [1.54, 1.807) is 0 Å². The highest BCUT2D eigenvalue weighted by molar-refractivity contribution is 5.33. The average Bonchev–Trinajstić information content (AvgIpc) is 2.27. The van der Waals surface area contributed by atoms with Crippen LogP contribution in [0.1, 0.15) is 25.6 Å². The third kappa shape index (κ3) is 5.22. The topological polar surface area (TPSA) is 67.0 Å². The molecule has 0 aliphatic rings. The van der Waals surface area contributed by atoms with Crippen LogP contribution in [0.5, 0.6) is 0 Å². The number of anilines is 1. The Morgan fingerprint density at radius 1 is 1.50 bits per heavy atom. The number of ether oxygens (including phenoxy) is 1. The molecule has 0 aliphatic heterocycles. The van der Waals surface area contributed by atoms with Gasteiger partial charge in [-0.15, -0.1) is 0 Å². The first kappa shape index (κ1) is 14.6. The number of H-pyrrole nitrogens is 1. The smallest absolute Gasteiger partial charge is 0.261 e. The van der Waals surface area contributed by atoms with E-state index < -0.39 is 13.0 Å². The van der Waals surface area contributed by atoms with Gasteiger partial charge in [0.1, 0.15) is 18.2 Å². The van der Waals surface area contributed by atoms with Crippen molar-refractivity contribution in [2.24, 2.45) is 0 Å². The number of rotatable bonds is 7. The van der Waals surface area contributed by atoms with Gasteiger partial charge in [0, 0.05) is 18.5 Å². The average molecular weight is 261 g/mol. The largest absolute Gasteiger partial charge is 0.374 e. The van der Waals surface area contributed by atoms with Gasteiger partial charge >= 0.3 is 0 Å². The lowest BCUT2D eigenvalue weighted by molar-refractivity contribution is 0.0215. The lowest BCUT2D eigenvalue weighted by Gasteiger charge is -2.09. The van der Waals surface area contributed by atoms with Crippen molar-refractivity contribution >= 4 is 5.82 Å².